The normalized spacial score (nSPS) is 24.9. The van der Waals surface area contributed by atoms with Gasteiger partial charge < -0.3 is 14.4 Å². The van der Waals surface area contributed by atoms with Gasteiger partial charge in [0, 0.05) is 29.2 Å². The van der Waals surface area contributed by atoms with Crippen molar-refractivity contribution in [2.45, 2.75) is 50.3 Å². The zero-order valence-corrected chi connectivity index (χ0v) is 13.5. The van der Waals surface area contributed by atoms with Crippen LogP contribution >= 0.6 is 11.8 Å². The highest BCUT2D eigenvalue weighted by Crippen LogP contribution is 2.36. The number of hydrogen-bond acceptors (Lipinski definition) is 4. The topological polar surface area (TPSA) is 70.7 Å². The van der Waals surface area contributed by atoms with Gasteiger partial charge in [0.2, 0.25) is 0 Å². The summed E-state index contributed by atoms with van der Waals surface area (Å²) in [6.45, 7) is 2.54. The highest BCUT2D eigenvalue weighted by atomic mass is 32.2. The number of amides is 1. The predicted molar refractivity (Wildman–Crippen MR) is 84.3 cm³/mol. The van der Waals surface area contributed by atoms with Crippen molar-refractivity contribution >= 4 is 23.6 Å². The molecule has 3 rings (SSSR count). The number of carbonyl (C=O) groups excluding carboxylic acids is 1. The summed E-state index contributed by atoms with van der Waals surface area (Å²) < 4.78 is 5.32. The van der Waals surface area contributed by atoms with Gasteiger partial charge in [-0.3, -0.25) is 9.59 Å². The monoisotopic (exact) mass is 323 g/mol. The molecule has 1 aliphatic carbocycles. The van der Waals surface area contributed by atoms with E-state index < -0.39 is 5.97 Å². The van der Waals surface area contributed by atoms with Gasteiger partial charge in [0.25, 0.3) is 5.91 Å². The number of carboxylic acid groups (broad SMARTS) is 1. The summed E-state index contributed by atoms with van der Waals surface area (Å²) in [4.78, 5) is 25.9. The number of furan rings is 1. The Bertz CT molecular complexity index is 581. The molecule has 0 spiro atoms. The standard InChI is InChI=1S/C16H21NO4S/c1-10-9-21-12(8-14(18)19)15(10)16(20)17-6-7-22-13-5-3-2-4-11(13)17/h9,11,13H,2-8H2,1H3,(H,18,19). The van der Waals surface area contributed by atoms with Crippen LogP contribution in [0.3, 0.4) is 0 Å². The SMILES string of the molecule is Cc1coc(CC(=O)O)c1C(=O)N1CCSC2CCCCC21. The molecule has 1 saturated heterocycles. The van der Waals surface area contributed by atoms with E-state index in [1.165, 1.54) is 19.1 Å². The van der Waals surface area contributed by atoms with Gasteiger partial charge in [-0.1, -0.05) is 12.8 Å². The molecule has 1 aromatic rings. The van der Waals surface area contributed by atoms with Crippen LogP contribution in [0.1, 0.15) is 47.4 Å². The molecule has 1 amide bonds. The molecule has 2 fully saturated rings. The lowest BCUT2D eigenvalue weighted by molar-refractivity contribution is -0.136. The minimum Gasteiger partial charge on any atom is -0.481 e. The Hall–Kier alpha value is -1.43. The Balaban J connectivity index is 1.86. The van der Waals surface area contributed by atoms with E-state index in [-0.39, 0.29) is 24.1 Å². The summed E-state index contributed by atoms with van der Waals surface area (Å²) in [7, 11) is 0. The van der Waals surface area contributed by atoms with Gasteiger partial charge in [0.1, 0.15) is 12.2 Å². The first-order valence-corrected chi connectivity index (χ1v) is 8.84. The maximum atomic E-state index is 13.0. The molecule has 2 atom stereocenters. The third-order valence-corrected chi connectivity index (χ3v) is 5.97. The van der Waals surface area contributed by atoms with Gasteiger partial charge in [-0.25, -0.2) is 0 Å². The molecule has 6 heteroatoms. The van der Waals surface area contributed by atoms with Crippen molar-refractivity contribution in [3.05, 3.63) is 23.2 Å². The summed E-state index contributed by atoms with van der Waals surface area (Å²) in [5.41, 5.74) is 1.19. The smallest absolute Gasteiger partial charge is 0.311 e. The average molecular weight is 323 g/mol. The van der Waals surface area contributed by atoms with Gasteiger partial charge in [0.05, 0.1) is 11.8 Å². The van der Waals surface area contributed by atoms with Gasteiger partial charge in [-0.2, -0.15) is 11.8 Å². The molecular weight excluding hydrogens is 302 g/mol. The van der Waals surface area contributed by atoms with Crippen LogP contribution in [0.5, 0.6) is 0 Å². The molecule has 0 aromatic carbocycles. The molecule has 22 heavy (non-hydrogen) atoms. The molecular formula is C16H21NO4S. The Labute approximate surface area is 134 Å². The first-order chi connectivity index (χ1) is 10.6. The third kappa shape index (κ3) is 2.89. The Kier molecular flexibility index (Phi) is 4.47. The van der Waals surface area contributed by atoms with Crippen molar-refractivity contribution in [1.29, 1.82) is 0 Å². The van der Waals surface area contributed by atoms with Gasteiger partial charge in [-0.15, -0.1) is 0 Å². The second kappa shape index (κ2) is 6.36. The number of rotatable bonds is 3. The van der Waals surface area contributed by atoms with E-state index in [0.29, 0.717) is 10.8 Å². The number of fused-ring (bicyclic) bond motifs is 1. The number of hydrogen-bond donors (Lipinski definition) is 1. The molecule has 120 valence electrons. The van der Waals surface area contributed by atoms with Crippen molar-refractivity contribution in [1.82, 2.24) is 4.90 Å². The lowest BCUT2D eigenvalue weighted by Gasteiger charge is -2.43. The number of carbonyl (C=O) groups is 2. The molecule has 2 unspecified atom stereocenters. The van der Waals surface area contributed by atoms with Crippen molar-refractivity contribution in [2.75, 3.05) is 12.3 Å². The van der Waals surface area contributed by atoms with E-state index in [1.54, 1.807) is 6.92 Å². The highest BCUT2D eigenvalue weighted by Gasteiger charge is 2.38. The zero-order chi connectivity index (χ0) is 15.7. The maximum absolute atomic E-state index is 13.0. The lowest BCUT2D eigenvalue weighted by atomic mass is 9.92. The zero-order valence-electron chi connectivity index (χ0n) is 12.7. The lowest BCUT2D eigenvalue weighted by Crippen LogP contribution is -2.51. The van der Waals surface area contributed by atoms with Crippen molar-refractivity contribution in [3.63, 3.8) is 0 Å². The summed E-state index contributed by atoms with van der Waals surface area (Å²) >= 11 is 1.97. The van der Waals surface area contributed by atoms with Crippen LogP contribution in [0.4, 0.5) is 0 Å². The quantitative estimate of drug-likeness (QED) is 0.926. The highest BCUT2D eigenvalue weighted by molar-refractivity contribution is 8.00. The third-order valence-electron chi connectivity index (χ3n) is 4.57. The fraction of sp³-hybridized carbons (Fsp3) is 0.625. The molecule has 1 saturated carbocycles. The Morgan fingerprint density at radius 2 is 2.18 bits per heavy atom. The van der Waals surface area contributed by atoms with Crippen LogP contribution in [-0.2, 0) is 11.2 Å². The van der Waals surface area contributed by atoms with Crippen LogP contribution in [0.2, 0.25) is 0 Å². The molecule has 0 radical (unpaired) electrons. The second-order valence-electron chi connectivity index (χ2n) is 6.05. The molecule has 1 N–H and O–H groups in total. The number of aliphatic carboxylic acids is 1. The first-order valence-electron chi connectivity index (χ1n) is 7.79. The number of carboxylic acids is 1. The minimum atomic E-state index is -0.979. The van der Waals surface area contributed by atoms with Crippen LogP contribution in [0.25, 0.3) is 0 Å². The number of nitrogens with zero attached hydrogens (tertiary/aromatic N) is 1. The maximum Gasteiger partial charge on any atom is 0.311 e. The molecule has 5 nitrogen and oxygen atoms in total. The van der Waals surface area contributed by atoms with E-state index in [4.69, 9.17) is 9.52 Å². The van der Waals surface area contributed by atoms with Gasteiger partial charge in [0.15, 0.2) is 0 Å². The second-order valence-corrected chi connectivity index (χ2v) is 7.39. The van der Waals surface area contributed by atoms with Crippen molar-refractivity contribution in [3.8, 4) is 0 Å². The van der Waals surface area contributed by atoms with Gasteiger partial charge >= 0.3 is 5.97 Å². The minimum absolute atomic E-state index is 0.0558. The fourth-order valence-corrected chi connectivity index (χ4v) is 4.99. The van der Waals surface area contributed by atoms with Crippen molar-refractivity contribution < 1.29 is 19.1 Å². The molecule has 2 aliphatic rings. The van der Waals surface area contributed by atoms with Crippen LogP contribution in [0, 0.1) is 6.92 Å². The predicted octanol–water partition coefficient (Wildman–Crippen LogP) is 2.72. The van der Waals surface area contributed by atoms with Gasteiger partial charge in [-0.05, 0) is 19.8 Å². The van der Waals surface area contributed by atoms with Crippen LogP contribution in [0.15, 0.2) is 10.7 Å². The summed E-state index contributed by atoms with van der Waals surface area (Å²) in [6.07, 6.45) is 5.87. The molecule has 1 aromatic heterocycles. The van der Waals surface area contributed by atoms with Crippen molar-refractivity contribution in [2.24, 2.45) is 0 Å². The fourth-order valence-electron chi connectivity index (χ4n) is 3.54. The molecule has 0 bridgehead atoms. The number of aryl methyl sites for hydroxylation is 1. The molecule has 2 heterocycles. The molecule has 1 aliphatic heterocycles. The summed E-state index contributed by atoms with van der Waals surface area (Å²) in [5.74, 6) is 0.200. The Morgan fingerprint density at radius 3 is 2.95 bits per heavy atom. The van der Waals surface area contributed by atoms with E-state index in [1.807, 2.05) is 16.7 Å². The largest absolute Gasteiger partial charge is 0.481 e. The van der Waals surface area contributed by atoms with E-state index in [2.05, 4.69) is 0 Å². The van der Waals surface area contributed by atoms with E-state index in [0.717, 1.165) is 30.7 Å². The summed E-state index contributed by atoms with van der Waals surface area (Å²) in [5, 5.41) is 9.52. The number of thioether (sulfide) groups is 1. The van der Waals surface area contributed by atoms with Crippen LogP contribution < -0.4 is 0 Å². The van der Waals surface area contributed by atoms with Crippen LogP contribution in [-0.4, -0.2) is 45.5 Å². The average Bonchev–Trinajstić information content (AvgIpc) is 2.86. The Morgan fingerprint density at radius 1 is 1.41 bits per heavy atom. The summed E-state index contributed by atoms with van der Waals surface area (Å²) in [6, 6.07) is 0.284. The van der Waals surface area contributed by atoms with E-state index in [9.17, 15) is 9.59 Å². The van der Waals surface area contributed by atoms with E-state index >= 15 is 0 Å². The first kappa shape index (κ1) is 15.5.